The zero-order chi connectivity index (χ0) is 14.3. The summed E-state index contributed by atoms with van der Waals surface area (Å²) >= 11 is 0. The van der Waals surface area contributed by atoms with E-state index in [-0.39, 0.29) is 10.9 Å². The summed E-state index contributed by atoms with van der Waals surface area (Å²) in [5.41, 5.74) is 0. The lowest BCUT2D eigenvalue weighted by molar-refractivity contribution is 0.529. The number of sulfonamides is 1. The summed E-state index contributed by atoms with van der Waals surface area (Å²) < 4.78 is 28.6. The Balaban J connectivity index is 2.68. The van der Waals surface area contributed by atoms with Crippen LogP contribution in [0.4, 0.5) is 0 Å². The zero-order valence-corrected chi connectivity index (χ0v) is 12.7. The largest absolute Gasteiger partial charge is 0.315 e. The highest BCUT2D eigenvalue weighted by Crippen LogP contribution is 2.09. The molecule has 0 spiro atoms. The van der Waals surface area contributed by atoms with Crippen LogP contribution in [0.2, 0.25) is 0 Å². The molecule has 0 aliphatic rings. The Bertz CT molecular complexity index is 466. The molecule has 0 amide bonds. The predicted octanol–water partition coefficient (Wildman–Crippen LogP) is 0.960. The van der Waals surface area contributed by atoms with Crippen LogP contribution in [-0.4, -0.2) is 37.3 Å². The average molecular weight is 288 g/mol. The van der Waals surface area contributed by atoms with Crippen molar-refractivity contribution in [2.75, 3.05) is 13.1 Å². The number of hydrogen-bond acceptors (Lipinski definition) is 4. The molecule has 0 radical (unpaired) electrons. The number of likely N-dealkylation sites (N-methyl/N-ethyl adjacent to an activating group) is 1. The van der Waals surface area contributed by atoms with Crippen LogP contribution in [0.5, 0.6) is 0 Å². The van der Waals surface area contributed by atoms with Crippen molar-refractivity contribution in [2.24, 2.45) is 0 Å². The van der Waals surface area contributed by atoms with Gasteiger partial charge in [-0.2, -0.15) is 5.10 Å². The molecule has 0 atom stereocenters. The Morgan fingerprint density at radius 1 is 1.32 bits per heavy atom. The average Bonchev–Trinajstić information content (AvgIpc) is 2.86. The van der Waals surface area contributed by atoms with Crippen LogP contribution in [0, 0.1) is 0 Å². The van der Waals surface area contributed by atoms with E-state index in [1.807, 2.05) is 20.8 Å². The van der Waals surface area contributed by atoms with Crippen LogP contribution in [0.15, 0.2) is 17.3 Å². The van der Waals surface area contributed by atoms with Gasteiger partial charge in [0.25, 0.3) is 0 Å². The van der Waals surface area contributed by atoms with Gasteiger partial charge in [0.2, 0.25) is 10.0 Å². The molecule has 2 N–H and O–H groups in total. The summed E-state index contributed by atoms with van der Waals surface area (Å²) in [6, 6.07) is -0.0184. The molecule has 0 aromatic carbocycles. The van der Waals surface area contributed by atoms with Gasteiger partial charge in [-0.1, -0.05) is 20.8 Å². The molecular weight excluding hydrogens is 264 g/mol. The Morgan fingerprint density at radius 2 is 2.00 bits per heavy atom. The van der Waals surface area contributed by atoms with Gasteiger partial charge in [-0.15, -0.1) is 0 Å². The molecule has 1 aromatic rings. The molecule has 0 saturated heterocycles. The third kappa shape index (κ3) is 4.93. The van der Waals surface area contributed by atoms with E-state index in [9.17, 15) is 8.42 Å². The maximum atomic E-state index is 12.1. The molecule has 7 heteroatoms. The van der Waals surface area contributed by atoms with Gasteiger partial charge < -0.3 is 5.32 Å². The number of nitrogens with one attached hydrogen (secondary N) is 2. The highest BCUT2D eigenvalue weighted by Gasteiger charge is 2.19. The lowest BCUT2D eigenvalue weighted by Crippen LogP contribution is -2.33. The lowest BCUT2D eigenvalue weighted by atomic mass is 10.2. The molecule has 0 bridgehead atoms. The predicted molar refractivity (Wildman–Crippen MR) is 75.5 cm³/mol. The van der Waals surface area contributed by atoms with Crippen LogP contribution in [0.3, 0.4) is 0 Å². The summed E-state index contributed by atoms with van der Waals surface area (Å²) in [7, 11) is -3.45. The fourth-order valence-electron chi connectivity index (χ4n) is 1.72. The molecular formula is C12H24N4O2S. The smallest absolute Gasteiger partial charge is 0.243 e. The van der Waals surface area contributed by atoms with Crippen LogP contribution in [0.25, 0.3) is 0 Å². The van der Waals surface area contributed by atoms with E-state index in [2.05, 4.69) is 15.1 Å². The van der Waals surface area contributed by atoms with E-state index in [1.54, 1.807) is 10.9 Å². The standard InChI is InChI=1S/C12H24N4O2S/c1-4-11(5-2)15-19(17,18)12-9-14-16(10-12)8-7-13-6-3/h9-11,13,15H,4-8H2,1-3H3. The first-order chi connectivity index (χ1) is 9.03. The fraction of sp³-hybridized carbons (Fsp3) is 0.750. The number of nitrogens with zero attached hydrogens (tertiary/aromatic N) is 2. The molecule has 6 nitrogen and oxygen atoms in total. The van der Waals surface area contributed by atoms with E-state index in [0.29, 0.717) is 6.54 Å². The number of rotatable bonds is 9. The SMILES string of the molecule is CCNCCn1cc(S(=O)(=O)NC(CC)CC)cn1. The van der Waals surface area contributed by atoms with E-state index in [0.717, 1.165) is 25.9 Å². The van der Waals surface area contributed by atoms with Crippen LogP contribution in [0.1, 0.15) is 33.6 Å². The topological polar surface area (TPSA) is 76.0 Å². The first-order valence-electron chi connectivity index (χ1n) is 6.79. The Kier molecular flexibility index (Phi) is 6.47. The molecule has 19 heavy (non-hydrogen) atoms. The van der Waals surface area contributed by atoms with Gasteiger partial charge in [-0.25, -0.2) is 13.1 Å². The Labute approximate surface area is 115 Å². The van der Waals surface area contributed by atoms with Crippen LogP contribution in [-0.2, 0) is 16.6 Å². The van der Waals surface area contributed by atoms with Gasteiger partial charge in [0.15, 0.2) is 0 Å². The molecule has 0 aliphatic heterocycles. The normalized spacial score (nSPS) is 12.2. The maximum absolute atomic E-state index is 12.1. The second-order valence-electron chi connectivity index (χ2n) is 4.43. The van der Waals surface area contributed by atoms with Crippen molar-refractivity contribution in [3.63, 3.8) is 0 Å². The van der Waals surface area contributed by atoms with Gasteiger partial charge in [-0.3, -0.25) is 4.68 Å². The van der Waals surface area contributed by atoms with Gasteiger partial charge in [0.05, 0.1) is 12.7 Å². The van der Waals surface area contributed by atoms with E-state index >= 15 is 0 Å². The summed E-state index contributed by atoms with van der Waals surface area (Å²) in [5.74, 6) is 0. The highest BCUT2D eigenvalue weighted by atomic mass is 32.2. The van der Waals surface area contributed by atoms with Gasteiger partial charge in [0.1, 0.15) is 4.90 Å². The fourth-order valence-corrected chi connectivity index (χ4v) is 3.07. The quantitative estimate of drug-likeness (QED) is 0.664. The molecule has 0 saturated carbocycles. The van der Waals surface area contributed by atoms with Crippen molar-refractivity contribution in [3.05, 3.63) is 12.4 Å². The molecule has 1 aromatic heterocycles. The minimum absolute atomic E-state index is 0.0184. The molecule has 1 rings (SSSR count). The van der Waals surface area contributed by atoms with Gasteiger partial charge in [0, 0.05) is 18.8 Å². The molecule has 0 unspecified atom stereocenters. The van der Waals surface area contributed by atoms with Crippen molar-refractivity contribution in [2.45, 2.75) is 51.1 Å². The minimum atomic E-state index is -3.45. The van der Waals surface area contributed by atoms with Gasteiger partial charge >= 0.3 is 0 Å². The van der Waals surface area contributed by atoms with E-state index in [4.69, 9.17) is 0 Å². The zero-order valence-electron chi connectivity index (χ0n) is 11.9. The van der Waals surface area contributed by atoms with Gasteiger partial charge in [-0.05, 0) is 19.4 Å². The van der Waals surface area contributed by atoms with E-state index < -0.39 is 10.0 Å². The second-order valence-corrected chi connectivity index (χ2v) is 6.14. The summed E-state index contributed by atoms with van der Waals surface area (Å²) in [4.78, 5) is 0.232. The van der Waals surface area contributed by atoms with Crippen LogP contribution >= 0.6 is 0 Å². The summed E-state index contributed by atoms with van der Waals surface area (Å²) in [6.07, 6.45) is 4.54. The van der Waals surface area contributed by atoms with Crippen molar-refractivity contribution in [1.82, 2.24) is 19.8 Å². The first-order valence-corrected chi connectivity index (χ1v) is 8.27. The minimum Gasteiger partial charge on any atom is -0.315 e. The van der Waals surface area contributed by atoms with E-state index in [1.165, 1.54) is 6.20 Å². The lowest BCUT2D eigenvalue weighted by Gasteiger charge is -2.13. The molecule has 1 heterocycles. The van der Waals surface area contributed by atoms with Crippen molar-refractivity contribution in [3.8, 4) is 0 Å². The van der Waals surface area contributed by atoms with Crippen molar-refractivity contribution in [1.29, 1.82) is 0 Å². The summed E-state index contributed by atoms with van der Waals surface area (Å²) in [6.45, 7) is 8.29. The second kappa shape index (κ2) is 7.62. The monoisotopic (exact) mass is 288 g/mol. The Morgan fingerprint density at radius 3 is 2.58 bits per heavy atom. The number of aromatic nitrogens is 2. The van der Waals surface area contributed by atoms with Crippen molar-refractivity contribution >= 4 is 10.0 Å². The van der Waals surface area contributed by atoms with Crippen LogP contribution < -0.4 is 10.0 Å². The Hall–Kier alpha value is -0.920. The summed E-state index contributed by atoms with van der Waals surface area (Å²) in [5, 5.41) is 7.24. The van der Waals surface area contributed by atoms with Crippen molar-refractivity contribution < 1.29 is 8.42 Å². The first kappa shape index (κ1) is 16.1. The number of hydrogen-bond donors (Lipinski definition) is 2. The maximum Gasteiger partial charge on any atom is 0.243 e. The highest BCUT2D eigenvalue weighted by molar-refractivity contribution is 7.89. The molecule has 0 fully saturated rings. The third-order valence-electron chi connectivity index (χ3n) is 2.99. The molecule has 110 valence electrons. The third-order valence-corrected chi connectivity index (χ3v) is 4.47. The molecule has 0 aliphatic carbocycles.